The normalized spacial score (nSPS) is 11.4. The van der Waals surface area contributed by atoms with Gasteiger partial charge in [0.2, 0.25) is 0 Å². The van der Waals surface area contributed by atoms with Crippen molar-refractivity contribution in [3.05, 3.63) is 35.4 Å². The SMILES string of the molecule is CCC(C)CN(CC)C(=O)c1ccccc1C#CCN. The predicted molar refractivity (Wildman–Crippen MR) is 83.4 cm³/mol. The monoisotopic (exact) mass is 272 g/mol. The van der Waals surface area contributed by atoms with E-state index in [-0.39, 0.29) is 5.91 Å². The second kappa shape index (κ2) is 8.39. The lowest BCUT2D eigenvalue weighted by molar-refractivity contribution is 0.0740. The molecular formula is C17H24N2O. The number of rotatable bonds is 5. The van der Waals surface area contributed by atoms with Gasteiger partial charge in [-0.25, -0.2) is 0 Å². The summed E-state index contributed by atoms with van der Waals surface area (Å²) in [7, 11) is 0. The lowest BCUT2D eigenvalue weighted by Gasteiger charge is -2.24. The lowest BCUT2D eigenvalue weighted by Crippen LogP contribution is -2.34. The van der Waals surface area contributed by atoms with E-state index >= 15 is 0 Å². The maximum atomic E-state index is 12.6. The zero-order valence-electron chi connectivity index (χ0n) is 12.6. The molecule has 0 heterocycles. The van der Waals surface area contributed by atoms with Gasteiger partial charge in [-0.15, -0.1) is 0 Å². The molecule has 20 heavy (non-hydrogen) atoms. The van der Waals surface area contributed by atoms with Crippen LogP contribution in [0, 0.1) is 17.8 Å². The van der Waals surface area contributed by atoms with Crippen LogP contribution < -0.4 is 5.73 Å². The number of benzene rings is 1. The van der Waals surface area contributed by atoms with E-state index < -0.39 is 0 Å². The highest BCUT2D eigenvalue weighted by Crippen LogP contribution is 2.13. The van der Waals surface area contributed by atoms with Crippen LogP contribution in [0.15, 0.2) is 24.3 Å². The minimum atomic E-state index is 0.0507. The van der Waals surface area contributed by atoms with Crippen LogP contribution >= 0.6 is 0 Å². The molecule has 1 amide bonds. The predicted octanol–water partition coefficient (Wildman–Crippen LogP) is 2.50. The molecule has 1 atom stereocenters. The highest BCUT2D eigenvalue weighted by molar-refractivity contribution is 5.96. The summed E-state index contributed by atoms with van der Waals surface area (Å²) in [4.78, 5) is 14.5. The Hall–Kier alpha value is -1.79. The maximum Gasteiger partial charge on any atom is 0.255 e. The number of hydrogen-bond acceptors (Lipinski definition) is 2. The first kappa shape index (κ1) is 16.3. The zero-order chi connectivity index (χ0) is 15.0. The molecule has 1 unspecified atom stereocenters. The van der Waals surface area contributed by atoms with Gasteiger partial charge in [0.05, 0.1) is 12.1 Å². The van der Waals surface area contributed by atoms with Gasteiger partial charge in [-0.2, -0.15) is 0 Å². The van der Waals surface area contributed by atoms with E-state index in [0.717, 1.165) is 18.5 Å². The molecule has 0 aliphatic rings. The highest BCUT2D eigenvalue weighted by Gasteiger charge is 2.18. The van der Waals surface area contributed by atoms with Crippen LogP contribution in [0.4, 0.5) is 0 Å². The summed E-state index contributed by atoms with van der Waals surface area (Å²) in [5.74, 6) is 6.35. The van der Waals surface area contributed by atoms with Crippen LogP contribution in [0.5, 0.6) is 0 Å². The minimum Gasteiger partial charge on any atom is -0.339 e. The number of carbonyl (C=O) groups is 1. The molecular weight excluding hydrogens is 248 g/mol. The van der Waals surface area contributed by atoms with Crippen LogP contribution in [-0.2, 0) is 0 Å². The molecule has 0 fully saturated rings. The fourth-order valence-electron chi connectivity index (χ4n) is 1.96. The van der Waals surface area contributed by atoms with Crippen molar-refractivity contribution in [2.24, 2.45) is 11.7 Å². The van der Waals surface area contributed by atoms with Gasteiger partial charge in [0, 0.05) is 18.7 Å². The van der Waals surface area contributed by atoms with Gasteiger partial charge in [-0.05, 0) is 25.0 Å². The molecule has 3 nitrogen and oxygen atoms in total. The molecule has 1 aromatic rings. The van der Waals surface area contributed by atoms with E-state index in [9.17, 15) is 4.79 Å². The Kier molecular flexibility index (Phi) is 6.83. The number of hydrogen-bond donors (Lipinski definition) is 1. The van der Waals surface area contributed by atoms with E-state index in [0.29, 0.717) is 24.6 Å². The first-order chi connectivity index (χ1) is 9.63. The number of nitrogens with two attached hydrogens (primary N) is 1. The van der Waals surface area contributed by atoms with Crippen LogP contribution in [0.25, 0.3) is 0 Å². The minimum absolute atomic E-state index is 0.0507. The highest BCUT2D eigenvalue weighted by atomic mass is 16.2. The summed E-state index contributed by atoms with van der Waals surface area (Å²) in [6, 6.07) is 7.47. The average molecular weight is 272 g/mol. The van der Waals surface area contributed by atoms with E-state index in [1.807, 2.05) is 36.1 Å². The van der Waals surface area contributed by atoms with E-state index in [4.69, 9.17) is 5.73 Å². The van der Waals surface area contributed by atoms with Gasteiger partial charge in [-0.1, -0.05) is 44.2 Å². The molecule has 108 valence electrons. The third-order valence-electron chi connectivity index (χ3n) is 3.38. The average Bonchev–Trinajstić information content (AvgIpc) is 2.49. The molecule has 0 aliphatic carbocycles. The fraction of sp³-hybridized carbons (Fsp3) is 0.471. The topological polar surface area (TPSA) is 46.3 Å². The summed E-state index contributed by atoms with van der Waals surface area (Å²) >= 11 is 0. The molecule has 0 spiro atoms. The van der Waals surface area contributed by atoms with Crippen molar-refractivity contribution in [3.63, 3.8) is 0 Å². The Morgan fingerprint density at radius 1 is 1.35 bits per heavy atom. The molecule has 0 aromatic heterocycles. The first-order valence-electron chi connectivity index (χ1n) is 7.21. The molecule has 0 radical (unpaired) electrons. The largest absolute Gasteiger partial charge is 0.339 e. The third kappa shape index (κ3) is 4.40. The Balaban J connectivity index is 3.00. The zero-order valence-corrected chi connectivity index (χ0v) is 12.6. The molecule has 0 saturated heterocycles. The van der Waals surface area contributed by atoms with Crippen molar-refractivity contribution < 1.29 is 4.79 Å². The van der Waals surface area contributed by atoms with Crippen molar-refractivity contribution in [2.45, 2.75) is 27.2 Å². The molecule has 0 aliphatic heterocycles. The molecule has 3 heteroatoms. The quantitative estimate of drug-likeness (QED) is 0.837. The van der Waals surface area contributed by atoms with Gasteiger partial charge < -0.3 is 10.6 Å². The maximum absolute atomic E-state index is 12.6. The van der Waals surface area contributed by atoms with E-state index in [2.05, 4.69) is 25.7 Å². The van der Waals surface area contributed by atoms with Gasteiger partial charge in [0.15, 0.2) is 0 Å². The fourth-order valence-corrected chi connectivity index (χ4v) is 1.96. The van der Waals surface area contributed by atoms with Crippen LogP contribution in [0.3, 0.4) is 0 Å². The van der Waals surface area contributed by atoms with Crippen LogP contribution in [0.1, 0.15) is 43.1 Å². The van der Waals surface area contributed by atoms with E-state index in [1.165, 1.54) is 0 Å². The van der Waals surface area contributed by atoms with Gasteiger partial charge in [0.1, 0.15) is 0 Å². The molecule has 0 bridgehead atoms. The second-order valence-electron chi connectivity index (χ2n) is 4.91. The summed E-state index contributed by atoms with van der Waals surface area (Å²) in [5, 5.41) is 0. The van der Waals surface area contributed by atoms with Crippen molar-refractivity contribution in [2.75, 3.05) is 19.6 Å². The van der Waals surface area contributed by atoms with E-state index in [1.54, 1.807) is 0 Å². The van der Waals surface area contributed by atoms with Gasteiger partial charge >= 0.3 is 0 Å². The number of amides is 1. The van der Waals surface area contributed by atoms with Gasteiger partial charge in [0.25, 0.3) is 5.91 Å². The first-order valence-corrected chi connectivity index (χ1v) is 7.21. The summed E-state index contributed by atoms with van der Waals surface area (Å²) in [6.07, 6.45) is 1.07. The van der Waals surface area contributed by atoms with Crippen molar-refractivity contribution in [1.82, 2.24) is 4.90 Å². The Bertz CT molecular complexity index is 499. The third-order valence-corrected chi connectivity index (χ3v) is 3.38. The Morgan fingerprint density at radius 3 is 2.65 bits per heavy atom. The number of carbonyl (C=O) groups excluding carboxylic acids is 1. The second-order valence-corrected chi connectivity index (χ2v) is 4.91. The molecule has 0 saturated carbocycles. The molecule has 1 rings (SSSR count). The van der Waals surface area contributed by atoms with Crippen LogP contribution in [-0.4, -0.2) is 30.4 Å². The lowest BCUT2D eigenvalue weighted by atomic mass is 10.0. The van der Waals surface area contributed by atoms with Crippen molar-refractivity contribution in [3.8, 4) is 11.8 Å². The van der Waals surface area contributed by atoms with Crippen molar-refractivity contribution >= 4 is 5.91 Å². The van der Waals surface area contributed by atoms with Gasteiger partial charge in [-0.3, -0.25) is 4.79 Å². The molecule has 2 N–H and O–H groups in total. The standard InChI is InChI=1S/C17H24N2O/c1-4-14(3)13-19(5-2)17(20)16-11-7-6-9-15(16)10-8-12-18/h6-7,9,11,14H,4-5,12-13,18H2,1-3H3. The van der Waals surface area contributed by atoms with Crippen molar-refractivity contribution in [1.29, 1.82) is 0 Å². The summed E-state index contributed by atoms with van der Waals surface area (Å²) in [5.41, 5.74) is 6.82. The molecule has 1 aromatic carbocycles. The Labute approximate surface area is 122 Å². The smallest absolute Gasteiger partial charge is 0.255 e. The summed E-state index contributed by atoms with van der Waals surface area (Å²) < 4.78 is 0. The Morgan fingerprint density at radius 2 is 2.05 bits per heavy atom. The summed E-state index contributed by atoms with van der Waals surface area (Å²) in [6.45, 7) is 8.10. The number of nitrogens with zero attached hydrogens (tertiary/aromatic N) is 1. The van der Waals surface area contributed by atoms with Crippen LogP contribution in [0.2, 0.25) is 0 Å².